The van der Waals surface area contributed by atoms with Crippen molar-refractivity contribution in [3.05, 3.63) is 58.5 Å². The molecule has 23 heavy (non-hydrogen) atoms. The topological polar surface area (TPSA) is 79.8 Å². The van der Waals surface area contributed by atoms with Crippen LogP contribution in [0.4, 0.5) is 10.1 Å². The molecule has 0 aliphatic heterocycles. The van der Waals surface area contributed by atoms with Gasteiger partial charge in [0.2, 0.25) is 5.91 Å². The molecule has 1 aromatic carbocycles. The van der Waals surface area contributed by atoms with E-state index in [1.54, 1.807) is 13.0 Å². The number of halogens is 1. The lowest BCUT2D eigenvalue weighted by atomic mass is 10.2. The molecular formula is C16H15FN4O2. The molecule has 0 saturated carbocycles. The van der Waals surface area contributed by atoms with Gasteiger partial charge in [-0.15, -0.1) is 0 Å². The summed E-state index contributed by atoms with van der Waals surface area (Å²) in [7, 11) is 0. The molecule has 0 aliphatic carbocycles. The van der Waals surface area contributed by atoms with Crippen LogP contribution in [0.5, 0.6) is 0 Å². The second-order valence-electron chi connectivity index (χ2n) is 5.34. The van der Waals surface area contributed by atoms with Crippen LogP contribution in [0.3, 0.4) is 0 Å². The van der Waals surface area contributed by atoms with E-state index < -0.39 is 6.04 Å². The maximum Gasteiger partial charge on any atom is 0.263 e. The highest BCUT2D eigenvalue weighted by atomic mass is 19.1. The number of hydrogen-bond acceptors (Lipinski definition) is 3. The van der Waals surface area contributed by atoms with E-state index in [4.69, 9.17) is 0 Å². The largest absolute Gasteiger partial charge is 0.343 e. The Labute approximate surface area is 131 Å². The van der Waals surface area contributed by atoms with Crippen molar-refractivity contribution >= 4 is 22.6 Å². The lowest BCUT2D eigenvalue weighted by Crippen LogP contribution is -2.31. The molecule has 2 heterocycles. The second kappa shape index (κ2) is 5.68. The van der Waals surface area contributed by atoms with Crippen molar-refractivity contribution in [1.82, 2.24) is 14.5 Å². The monoisotopic (exact) mass is 314 g/mol. The van der Waals surface area contributed by atoms with Crippen molar-refractivity contribution in [3.63, 3.8) is 0 Å². The molecule has 3 aromatic rings. The van der Waals surface area contributed by atoms with Crippen molar-refractivity contribution in [3.8, 4) is 0 Å². The molecule has 0 bridgehead atoms. The smallest absolute Gasteiger partial charge is 0.263 e. The Bertz CT molecular complexity index is 927. The summed E-state index contributed by atoms with van der Waals surface area (Å²) in [5.74, 6) is -0.767. The molecule has 6 nitrogen and oxygen atoms in total. The fourth-order valence-corrected chi connectivity index (χ4v) is 2.33. The molecule has 0 saturated heterocycles. The van der Waals surface area contributed by atoms with Gasteiger partial charge in [0.05, 0.1) is 5.39 Å². The molecule has 3 rings (SSSR count). The van der Waals surface area contributed by atoms with Gasteiger partial charge in [-0.05, 0) is 44.2 Å². The van der Waals surface area contributed by atoms with E-state index >= 15 is 0 Å². The zero-order valence-electron chi connectivity index (χ0n) is 12.6. The highest BCUT2D eigenvalue weighted by molar-refractivity contribution is 5.93. The van der Waals surface area contributed by atoms with E-state index in [1.165, 1.54) is 35.2 Å². The van der Waals surface area contributed by atoms with E-state index in [2.05, 4.69) is 15.3 Å². The minimum absolute atomic E-state index is 0.291. The van der Waals surface area contributed by atoms with E-state index in [0.717, 1.165) is 5.69 Å². The molecule has 0 radical (unpaired) electrons. The van der Waals surface area contributed by atoms with E-state index in [-0.39, 0.29) is 17.3 Å². The van der Waals surface area contributed by atoms with E-state index in [1.807, 2.05) is 6.92 Å². The maximum absolute atomic E-state index is 12.9. The summed E-state index contributed by atoms with van der Waals surface area (Å²) in [6, 6.07) is 6.37. The second-order valence-corrected chi connectivity index (χ2v) is 5.34. The molecular weight excluding hydrogens is 299 g/mol. The van der Waals surface area contributed by atoms with Crippen LogP contribution >= 0.6 is 0 Å². The third kappa shape index (κ3) is 2.85. The van der Waals surface area contributed by atoms with E-state index in [0.29, 0.717) is 16.7 Å². The van der Waals surface area contributed by atoms with Crippen molar-refractivity contribution < 1.29 is 9.18 Å². The summed E-state index contributed by atoms with van der Waals surface area (Å²) in [5, 5.41) is 3.08. The summed E-state index contributed by atoms with van der Waals surface area (Å²) in [4.78, 5) is 31.9. The number of carbonyl (C=O) groups is 1. The van der Waals surface area contributed by atoms with Crippen LogP contribution in [0.15, 0.2) is 41.5 Å². The standard InChI is InChI=1S/C16H15FN4O2/c1-9-7-13-14(19-9)18-8-21(16(13)23)10(2)15(22)20-12-5-3-11(17)4-6-12/h3-8,10,19H,1-2H3,(H,20,22). The number of anilines is 1. The number of fused-ring (bicyclic) bond motifs is 1. The van der Waals surface area contributed by atoms with Gasteiger partial charge in [-0.2, -0.15) is 0 Å². The highest BCUT2D eigenvalue weighted by Crippen LogP contribution is 2.13. The number of aromatic nitrogens is 3. The Hall–Kier alpha value is -2.96. The van der Waals surface area contributed by atoms with Gasteiger partial charge in [0, 0.05) is 11.4 Å². The average Bonchev–Trinajstić information content (AvgIpc) is 2.91. The van der Waals surface area contributed by atoms with Gasteiger partial charge in [-0.25, -0.2) is 9.37 Å². The number of aryl methyl sites for hydroxylation is 1. The molecule has 1 unspecified atom stereocenters. The highest BCUT2D eigenvalue weighted by Gasteiger charge is 2.18. The van der Waals surface area contributed by atoms with Crippen LogP contribution in [0.1, 0.15) is 18.7 Å². The molecule has 2 N–H and O–H groups in total. The number of amides is 1. The predicted molar refractivity (Wildman–Crippen MR) is 84.8 cm³/mol. The zero-order valence-corrected chi connectivity index (χ0v) is 12.6. The van der Waals surface area contributed by atoms with Gasteiger partial charge in [0.15, 0.2) is 0 Å². The Balaban J connectivity index is 1.88. The zero-order chi connectivity index (χ0) is 16.6. The molecule has 0 spiro atoms. The van der Waals surface area contributed by atoms with Gasteiger partial charge in [-0.1, -0.05) is 0 Å². The minimum Gasteiger partial charge on any atom is -0.343 e. The Morgan fingerprint density at radius 3 is 2.74 bits per heavy atom. The van der Waals surface area contributed by atoms with Gasteiger partial charge in [0.1, 0.15) is 23.8 Å². The number of aromatic amines is 1. The van der Waals surface area contributed by atoms with Gasteiger partial charge in [-0.3, -0.25) is 14.2 Å². The number of hydrogen-bond donors (Lipinski definition) is 2. The minimum atomic E-state index is -0.750. The van der Waals surface area contributed by atoms with Gasteiger partial charge < -0.3 is 10.3 Å². The number of nitrogens with zero attached hydrogens (tertiary/aromatic N) is 2. The quantitative estimate of drug-likeness (QED) is 0.779. The van der Waals surface area contributed by atoms with Gasteiger partial charge in [0.25, 0.3) is 5.56 Å². The molecule has 0 fully saturated rings. The molecule has 7 heteroatoms. The Morgan fingerprint density at radius 1 is 1.35 bits per heavy atom. The molecule has 1 atom stereocenters. The van der Waals surface area contributed by atoms with E-state index in [9.17, 15) is 14.0 Å². The summed E-state index contributed by atoms with van der Waals surface area (Å²) in [6.45, 7) is 3.43. The number of H-pyrrole nitrogens is 1. The normalized spacial score (nSPS) is 12.3. The average molecular weight is 314 g/mol. The van der Waals surface area contributed by atoms with Crippen molar-refractivity contribution in [2.24, 2.45) is 0 Å². The Morgan fingerprint density at radius 2 is 2.04 bits per heavy atom. The van der Waals surface area contributed by atoms with Crippen LogP contribution in [-0.2, 0) is 4.79 Å². The first-order valence-electron chi connectivity index (χ1n) is 7.08. The van der Waals surface area contributed by atoms with Crippen LogP contribution in [0, 0.1) is 12.7 Å². The third-order valence-corrected chi connectivity index (χ3v) is 3.62. The summed E-state index contributed by atoms with van der Waals surface area (Å²) in [6.07, 6.45) is 1.34. The number of carbonyl (C=O) groups excluding carboxylic acids is 1. The van der Waals surface area contributed by atoms with Crippen LogP contribution in [0.2, 0.25) is 0 Å². The number of benzene rings is 1. The van der Waals surface area contributed by atoms with Crippen LogP contribution in [-0.4, -0.2) is 20.4 Å². The first-order valence-corrected chi connectivity index (χ1v) is 7.08. The first kappa shape index (κ1) is 15.0. The maximum atomic E-state index is 12.9. The molecule has 2 aromatic heterocycles. The number of rotatable bonds is 3. The SMILES string of the molecule is Cc1cc2c(=O)n(C(C)C(=O)Nc3ccc(F)cc3)cnc2[nH]1. The molecule has 1 amide bonds. The summed E-state index contributed by atoms with van der Waals surface area (Å²) >= 11 is 0. The summed E-state index contributed by atoms with van der Waals surface area (Å²) < 4.78 is 14.2. The third-order valence-electron chi connectivity index (χ3n) is 3.62. The lowest BCUT2D eigenvalue weighted by Gasteiger charge is -2.14. The van der Waals surface area contributed by atoms with Crippen molar-refractivity contribution in [2.45, 2.75) is 19.9 Å². The van der Waals surface area contributed by atoms with Crippen molar-refractivity contribution in [2.75, 3.05) is 5.32 Å². The fourth-order valence-electron chi connectivity index (χ4n) is 2.33. The summed E-state index contributed by atoms with van der Waals surface area (Å²) in [5.41, 5.74) is 1.49. The van der Waals surface area contributed by atoms with Crippen molar-refractivity contribution in [1.29, 1.82) is 0 Å². The van der Waals surface area contributed by atoms with Gasteiger partial charge >= 0.3 is 0 Å². The fraction of sp³-hybridized carbons (Fsp3) is 0.188. The first-order chi connectivity index (χ1) is 11.0. The molecule has 0 aliphatic rings. The predicted octanol–water partition coefficient (Wildman–Crippen LogP) is 2.37. The van der Waals surface area contributed by atoms with Crippen LogP contribution < -0.4 is 10.9 Å². The molecule has 118 valence electrons. The number of nitrogens with one attached hydrogen (secondary N) is 2. The lowest BCUT2D eigenvalue weighted by molar-refractivity contribution is -0.118. The Kier molecular flexibility index (Phi) is 3.69. The van der Waals surface area contributed by atoms with Crippen LogP contribution in [0.25, 0.3) is 11.0 Å².